The highest BCUT2D eigenvalue weighted by Gasteiger charge is 2.16. The van der Waals surface area contributed by atoms with E-state index < -0.39 is 12.1 Å². The van der Waals surface area contributed by atoms with Crippen LogP contribution in [0.1, 0.15) is 19.4 Å². The molecule has 0 heterocycles. The Hall–Kier alpha value is -2.34. The van der Waals surface area contributed by atoms with Gasteiger partial charge in [-0.05, 0) is 58.0 Å². The van der Waals surface area contributed by atoms with Crippen molar-refractivity contribution in [2.24, 2.45) is 0 Å². The number of esters is 1. The molecule has 0 N–H and O–H groups in total. The lowest BCUT2D eigenvalue weighted by Crippen LogP contribution is -2.28. The molecule has 0 aromatic heterocycles. The van der Waals surface area contributed by atoms with Crippen molar-refractivity contribution in [1.29, 1.82) is 0 Å². The highest BCUT2D eigenvalue weighted by molar-refractivity contribution is 7.99. The Kier molecular flexibility index (Phi) is 7.91. The maximum absolute atomic E-state index is 11.9. The van der Waals surface area contributed by atoms with Crippen LogP contribution in [0.5, 0.6) is 0 Å². The third-order valence-corrected chi connectivity index (χ3v) is 5.66. The third-order valence-electron chi connectivity index (χ3n) is 4.78. The maximum atomic E-state index is 11.9. The predicted octanol–water partition coefficient (Wildman–Crippen LogP) is 5.76. The van der Waals surface area contributed by atoms with Gasteiger partial charge in [-0.3, -0.25) is 0 Å². The minimum Gasteiger partial charge on any atom is -0.454 e. The molecule has 0 saturated carbocycles. The number of thioether (sulfide) groups is 1. The number of carbonyl (C=O) groups is 1. The Morgan fingerprint density at radius 2 is 1.83 bits per heavy atom. The highest BCUT2D eigenvalue weighted by atomic mass is 32.2. The molecule has 0 saturated heterocycles. The van der Waals surface area contributed by atoms with Gasteiger partial charge in [0.1, 0.15) is 6.10 Å². The largest absolute Gasteiger partial charge is 0.454 e. The van der Waals surface area contributed by atoms with Crippen molar-refractivity contribution in [2.45, 2.75) is 31.5 Å². The van der Waals surface area contributed by atoms with E-state index in [0.717, 1.165) is 11.3 Å². The molecule has 0 fully saturated rings. The first kappa shape index (κ1) is 22.3. The Morgan fingerprint density at radius 3 is 2.57 bits per heavy atom. The molecule has 30 heavy (non-hydrogen) atoms. The minimum atomic E-state index is -0.480. The molecule has 1 unspecified atom stereocenters. The zero-order valence-corrected chi connectivity index (χ0v) is 18.6. The van der Waals surface area contributed by atoms with Crippen LogP contribution >= 0.6 is 11.8 Å². The first-order valence-electron chi connectivity index (χ1n) is 10.0. The average Bonchev–Trinajstić information content (AvgIpc) is 2.73. The monoisotopic (exact) mass is 424 g/mol. The van der Waals surface area contributed by atoms with Crippen LogP contribution in [0.25, 0.3) is 21.5 Å². The molecule has 3 rings (SSSR count). The lowest BCUT2D eigenvalue weighted by Gasteiger charge is -2.18. The summed E-state index contributed by atoms with van der Waals surface area (Å²) in [5, 5.41) is 4.73. The van der Waals surface area contributed by atoms with E-state index in [1.165, 1.54) is 26.4 Å². The van der Waals surface area contributed by atoms with Gasteiger partial charge in [0.2, 0.25) is 0 Å². The van der Waals surface area contributed by atoms with Crippen LogP contribution in [-0.2, 0) is 25.6 Å². The number of benzene rings is 3. The van der Waals surface area contributed by atoms with Crippen molar-refractivity contribution in [3.8, 4) is 0 Å². The van der Waals surface area contributed by atoms with Gasteiger partial charge in [-0.2, -0.15) is 0 Å². The Bertz CT molecular complexity index is 1040. The summed E-state index contributed by atoms with van der Waals surface area (Å²) >= 11 is 1.83. The van der Waals surface area contributed by atoms with Gasteiger partial charge in [0, 0.05) is 17.6 Å². The summed E-state index contributed by atoms with van der Waals surface area (Å²) in [5.41, 5.74) is 1.50. The Balaban J connectivity index is 1.87. The molecule has 0 amide bonds. The van der Waals surface area contributed by atoms with Gasteiger partial charge >= 0.3 is 5.97 Å². The second kappa shape index (κ2) is 10.6. The van der Waals surface area contributed by atoms with Gasteiger partial charge in [0.25, 0.3) is 0 Å². The maximum Gasteiger partial charge on any atom is 0.333 e. The summed E-state index contributed by atoms with van der Waals surface area (Å²) in [5.74, 6) is 0.593. The van der Waals surface area contributed by atoms with Gasteiger partial charge in [-0.1, -0.05) is 43.8 Å². The molecule has 0 bridgehead atoms. The molecule has 158 valence electrons. The van der Waals surface area contributed by atoms with E-state index in [0.29, 0.717) is 12.2 Å². The van der Waals surface area contributed by atoms with Gasteiger partial charge in [-0.25, -0.2) is 4.79 Å². The second-order valence-electron chi connectivity index (χ2n) is 7.17. The molecule has 0 aliphatic carbocycles. The lowest BCUT2D eigenvalue weighted by atomic mass is 9.97. The molecule has 0 radical (unpaired) electrons. The van der Waals surface area contributed by atoms with E-state index in [1.807, 2.05) is 23.9 Å². The van der Waals surface area contributed by atoms with Crippen LogP contribution in [0.4, 0.5) is 0 Å². The number of methoxy groups -OCH3 is 1. The van der Waals surface area contributed by atoms with Crippen LogP contribution in [-0.4, -0.2) is 38.1 Å². The topological polar surface area (TPSA) is 44.8 Å². The van der Waals surface area contributed by atoms with Crippen LogP contribution in [0, 0.1) is 0 Å². The van der Waals surface area contributed by atoms with Crippen LogP contribution < -0.4 is 0 Å². The second-order valence-corrected chi connectivity index (χ2v) is 8.51. The third kappa shape index (κ3) is 5.42. The first-order chi connectivity index (χ1) is 14.5. The first-order valence-corrected chi connectivity index (χ1v) is 11.0. The molecule has 3 aromatic rings. The van der Waals surface area contributed by atoms with Crippen LogP contribution in [0.3, 0.4) is 0 Å². The normalized spacial score (nSPS) is 12.2. The molecule has 0 aliphatic rings. The summed E-state index contributed by atoms with van der Waals surface area (Å²) in [6.07, 6.45) is -0.480. The van der Waals surface area contributed by atoms with E-state index >= 15 is 0 Å². The van der Waals surface area contributed by atoms with E-state index in [4.69, 9.17) is 14.2 Å². The van der Waals surface area contributed by atoms with Crippen molar-refractivity contribution in [3.05, 3.63) is 66.2 Å². The molecule has 5 heteroatoms. The SMILES string of the molecule is C=C(C)C(=O)OC(COC)COCc1c2ccccc2cc2ccc(SCC)cc12. The summed E-state index contributed by atoms with van der Waals surface area (Å²) in [6, 6.07) is 17.1. The van der Waals surface area contributed by atoms with Crippen molar-refractivity contribution in [1.82, 2.24) is 0 Å². The summed E-state index contributed by atoms with van der Waals surface area (Å²) in [6.45, 7) is 8.35. The molecule has 1 atom stereocenters. The van der Waals surface area contributed by atoms with Crippen LogP contribution in [0.15, 0.2) is 65.6 Å². The molecule has 0 aliphatic heterocycles. The molecule has 0 spiro atoms. The van der Waals surface area contributed by atoms with E-state index in [9.17, 15) is 4.79 Å². The highest BCUT2D eigenvalue weighted by Crippen LogP contribution is 2.32. The number of rotatable bonds is 10. The van der Waals surface area contributed by atoms with Gasteiger partial charge in [0.05, 0.1) is 19.8 Å². The summed E-state index contributed by atoms with van der Waals surface area (Å²) in [4.78, 5) is 13.1. The summed E-state index contributed by atoms with van der Waals surface area (Å²) in [7, 11) is 1.58. The zero-order valence-electron chi connectivity index (χ0n) is 17.8. The molecule has 3 aromatic carbocycles. The Labute approximate surface area is 182 Å². The molecular formula is C25H28O4S. The number of hydrogen-bond acceptors (Lipinski definition) is 5. The van der Waals surface area contributed by atoms with Gasteiger partial charge < -0.3 is 14.2 Å². The average molecular weight is 425 g/mol. The predicted molar refractivity (Wildman–Crippen MR) is 124 cm³/mol. The van der Waals surface area contributed by atoms with Gasteiger partial charge in [-0.15, -0.1) is 11.8 Å². The van der Waals surface area contributed by atoms with E-state index in [1.54, 1.807) is 14.0 Å². The van der Waals surface area contributed by atoms with Crippen molar-refractivity contribution in [2.75, 3.05) is 26.1 Å². The number of carbonyl (C=O) groups excluding carboxylic acids is 1. The fourth-order valence-corrected chi connectivity index (χ4v) is 4.09. The van der Waals surface area contributed by atoms with Crippen LogP contribution in [0.2, 0.25) is 0 Å². The smallest absolute Gasteiger partial charge is 0.333 e. The summed E-state index contributed by atoms with van der Waals surface area (Å²) < 4.78 is 16.6. The standard InChI is InChI=1S/C25H28O4S/c1-5-30-21-11-10-19-12-18-8-6-7-9-22(18)24(23(19)13-21)16-28-15-20(14-27-4)29-25(26)17(2)3/h6-13,20H,2,5,14-16H2,1,3-4H3. The van der Waals surface area contributed by atoms with Gasteiger partial charge in [0.15, 0.2) is 0 Å². The van der Waals surface area contributed by atoms with E-state index in [-0.39, 0.29) is 13.2 Å². The lowest BCUT2D eigenvalue weighted by molar-refractivity contribution is -0.150. The van der Waals surface area contributed by atoms with E-state index in [2.05, 4.69) is 49.9 Å². The quantitative estimate of drug-likeness (QED) is 0.179. The fourth-order valence-electron chi connectivity index (χ4n) is 3.39. The van der Waals surface area contributed by atoms with Crippen molar-refractivity contribution >= 4 is 39.3 Å². The number of fused-ring (bicyclic) bond motifs is 2. The fraction of sp³-hybridized carbons (Fsp3) is 0.320. The van der Waals surface area contributed by atoms with Crippen molar-refractivity contribution < 1.29 is 19.0 Å². The Morgan fingerprint density at radius 1 is 1.07 bits per heavy atom. The number of ether oxygens (including phenoxy) is 3. The van der Waals surface area contributed by atoms with Crippen molar-refractivity contribution in [3.63, 3.8) is 0 Å². The molecule has 4 nitrogen and oxygen atoms in total. The molecular weight excluding hydrogens is 396 g/mol. The minimum absolute atomic E-state index is 0.251. The number of hydrogen-bond donors (Lipinski definition) is 0. The zero-order chi connectivity index (χ0) is 21.5.